The maximum atomic E-state index is 14.2. The van der Waals surface area contributed by atoms with E-state index in [1.807, 2.05) is 4.90 Å². The van der Waals surface area contributed by atoms with Crippen LogP contribution in [-0.2, 0) is 22.6 Å². The third kappa shape index (κ3) is 6.21. The summed E-state index contributed by atoms with van der Waals surface area (Å²) in [6.45, 7) is 4.17. The average Bonchev–Trinajstić information content (AvgIpc) is 3.25. The van der Waals surface area contributed by atoms with E-state index in [2.05, 4.69) is 0 Å². The van der Waals surface area contributed by atoms with Crippen molar-refractivity contribution in [1.82, 2.24) is 4.90 Å². The Bertz CT molecular complexity index is 1400. The van der Waals surface area contributed by atoms with E-state index in [1.165, 1.54) is 13.0 Å². The number of anilines is 1. The molecule has 4 N–H and O–H groups in total. The molecule has 2 aromatic carbocycles. The number of nitrogen functional groups attached to an aromatic ring is 1. The van der Waals surface area contributed by atoms with Gasteiger partial charge in [0.1, 0.15) is 17.7 Å². The zero-order valence-corrected chi connectivity index (χ0v) is 22.6. The third-order valence-corrected chi connectivity index (χ3v) is 8.83. The monoisotopic (exact) mass is 563 g/mol. The van der Waals surface area contributed by atoms with Crippen LogP contribution in [0.4, 0.5) is 18.9 Å². The van der Waals surface area contributed by atoms with E-state index in [4.69, 9.17) is 21.3 Å². The zero-order valence-electron chi connectivity index (χ0n) is 21.8. The molecule has 12 heteroatoms. The predicted molar refractivity (Wildman–Crippen MR) is 146 cm³/mol. The standard InChI is InChI=1S/C27H32F3N5O3S/c1-3-39(36,37)35-21(8-7-18-5-4-6-19(13-18)26(32)33)14-20-15-25(23(16-24(20)35)27(28,29)30)38-22-9-11-34(12-10-22)17(2)31/h4-8,13,15-16,21-22,31H,3,9-12,14H2,1-2H3,(H3,32,33)/b8-7+,31-17?. The molecular weight excluding hydrogens is 531 g/mol. The summed E-state index contributed by atoms with van der Waals surface area (Å²) in [4.78, 5) is 1.85. The third-order valence-electron chi connectivity index (χ3n) is 7.04. The molecule has 1 fully saturated rings. The van der Waals surface area contributed by atoms with Crippen LogP contribution in [0.3, 0.4) is 0 Å². The molecule has 0 saturated carbocycles. The number of benzene rings is 2. The largest absolute Gasteiger partial charge is 0.490 e. The lowest BCUT2D eigenvalue weighted by atomic mass is 10.0. The van der Waals surface area contributed by atoms with Crippen LogP contribution in [0.5, 0.6) is 5.75 Å². The van der Waals surface area contributed by atoms with Crippen molar-refractivity contribution < 1.29 is 26.3 Å². The minimum atomic E-state index is -4.75. The molecule has 0 aliphatic carbocycles. The number of nitrogens with zero attached hydrogens (tertiary/aromatic N) is 2. The molecule has 1 saturated heterocycles. The van der Waals surface area contributed by atoms with Crippen LogP contribution in [0, 0.1) is 10.8 Å². The highest BCUT2D eigenvalue weighted by atomic mass is 32.2. The molecule has 1 unspecified atom stereocenters. The fourth-order valence-corrected chi connectivity index (χ4v) is 6.25. The highest BCUT2D eigenvalue weighted by Crippen LogP contribution is 2.45. The molecule has 210 valence electrons. The smallest absolute Gasteiger partial charge is 0.420 e. The van der Waals surface area contributed by atoms with Gasteiger partial charge in [0.2, 0.25) is 10.0 Å². The second-order valence-electron chi connectivity index (χ2n) is 9.73. The van der Waals surface area contributed by atoms with E-state index < -0.39 is 33.9 Å². The first-order valence-corrected chi connectivity index (χ1v) is 14.3. The molecule has 4 rings (SSSR count). The van der Waals surface area contributed by atoms with Crippen LogP contribution >= 0.6 is 0 Å². The van der Waals surface area contributed by atoms with Gasteiger partial charge in [-0.05, 0) is 49.6 Å². The van der Waals surface area contributed by atoms with Gasteiger partial charge in [-0.15, -0.1) is 0 Å². The molecular formula is C27H32F3N5O3S. The average molecular weight is 564 g/mol. The number of fused-ring (bicyclic) bond motifs is 1. The number of hydrogen-bond acceptors (Lipinski definition) is 5. The highest BCUT2D eigenvalue weighted by molar-refractivity contribution is 7.92. The van der Waals surface area contributed by atoms with Gasteiger partial charge in [0.05, 0.1) is 28.9 Å². The van der Waals surface area contributed by atoms with Gasteiger partial charge in [-0.3, -0.25) is 15.1 Å². The van der Waals surface area contributed by atoms with Gasteiger partial charge in [-0.1, -0.05) is 30.4 Å². The fourth-order valence-electron chi connectivity index (χ4n) is 4.95. The minimum Gasteiger partial charge on any atom is -0.490 e. The number of nitrogens with one attached hydrogen (secondary N) is 2. The summed E-state index contributed by atoms with van der Waals surface area (Å²) >= 11 is 0. The summed E-state index contributed by atoms with van der Waals surface area (Å²) in [6, 6.07) is 8.32. The molecule has 2 aliphatic heterocycles. The maximum absolute atomic E-state index is 14.2. The lowest BCUT2D eigenvalue weighted by molar-refractivity contribution is -0.139. The van der Waals surface area contributed by atoms with E-state index in [0.717, 1.165) is 10.4 Å². The molecule has 0 spiro atoms. The Labute approximate surface area is 226 Å². The van der Waals surface area contributed by atoms with E-state index in [0.29, 0.717) is 48.5 Å². The summed E-state index contributed by atoms with van der Waals surface area (Å²) in [5.41, 5.74) is 6.18. The number of nitrogens with two attached hydrogens (primary N) is 1. The number of piperidine rings is 1. The quantitative estimate of drug-likeness (QED) is 0.335. The normalized spacial score (nSPS) is 18.4. The number of halogens is 3. The zero-order chi connectivity index (χ0) is 28.5. The Hall–Kier alpha value is -3.54. The van der Waals surface area contributed by atoms with Crippen molar-refractivity contribution in [2.24, 2.45) is 5.73 Å². The molecule has 8 nitrogen and oxygen atoms in total. The predicted octanol–water partition coefficient (Wildman–Crippen LogP) is 4.62. The molecule has 0 bridgehead atoms. The molecule has 1 atom stereocenters. The number of hydrogen-bond donors (Lipinski definition) is 3. The van der Waals surface area contributed by atoms with E-state index in [1.54, 1.807) is 43.3 Å². The van der Waals surface area contributed by atoms with Crippen molar-refractivity contribution in [2.45, 2.75) is 51.4 Å². The first-order chi connectivity index (χ1) is 18.3. The van der Waals surface area contributed by atoms with Crippen molar-refractivity contribution in [1.29, 1.82) is 10.8 Å². The number of sulfonamides is 1. The van der Waals surface area contributed by atoms with E-state index in [9.17, 15) is 21.6 Å². The number of amidine groups is 2. The van der Waals surface area contributed by atoms with Gasteiger partial charge in [-0.25, -0.2) is 8.42 Å². The van der Waals surface area contributed by atoms with Gasteiger partial charge in [-0.2, -0.15) is 13.2 Å². The van der Waals surface area contributed by atoms with Crippen molar-refractivity contribution >= 4 is 33.5 Å². The van der Waals surface area contributed by atoms with Crippen LogP contribution < -0.4 is 14.8 Å². The summed E-state index contributed by atoms with van der Waals surface area (Å²) in [7, 11) is -3.91. The lowest BCUT2D eigenvalue weighted by Gasteiger charge is -2.33. The van der Waals surface area contributed by atoms with Crippen molar-refractivity contribution in [3.63, 3.8) is 0 Å². The number of alkyl halides is 3. The molecule has 2 aliphatic rings. The minimum absolute atomic E-state index is 0.00193. The Balaban J connectivity index is 1.69. The molecule has 0 aromatic heterocycles. The number of likely N-dealkylation sites (tertiary alicyclic amines) is 1. The van der Waals surface area contributed by atoms with Crippen LogP contribution in [0.2, 0.25) is 0 Å². The first kappa shape index (κ1) is 28.5. The molecule has 0 amide bonds. The maximum Gasteiger partial charge on any atom is 0.420 e. The molecule has 39 heavy (non-hydrogen) atoms. The Kier molecular flexibility index (Phi) is 7.97. The van der Waals surface area contributed by atoms with Gasteiger partial charge in [0.15, 0.2) is 0 Å². The summed E-state index contributed by atoms with van der Waals surface area (Å²) < 4.78 is 75.7. The van der Waals surface area contributed by atoms with Gasteiger partial charge >= 0.3 is 6.18 Å². The summed E-state index contributed by atoms with van der Waals surface area (Å²) in [5.74, 6) is -0.286. The molecule has 2 aromatic rings. The van der Waals surface area contributed by atoms with Crippen molar-refractivity contribution in [3.05, 3.63) is 64.7 Å². The van der Waals surface area contributed by atoms with Gasteiger partial charge < -0.3 is 15.4 Å². The van der Waals surface area contributed by atoms with Crippen LogP contribution in [0.25, 0.3) is 6.08 Å². The van der Waals surface area contributed by atoms with Crippen molar-refractivity contribution in [3.8, 4) is 5.75 Å². The SMILES string of the molecule is CCS(=O)(=O)N1c2cc(C(F)(F)F)c(OC3CCN(C(C)=N)CC3)cc2CC1/C=C/c1cccc(C(=N)N)c1. The number of rotatable bonds is 7. The van der Waals surface area contributed by atoms with Crippen LogP contribution in [0.1, 0.15) is 48.9 Å². The number of ether oxygens (including phenoxy) is 1. The highest BCUT2D eigenvalue weighted by Gasteiger charge is 2.41. The fraction of sp³-hybridized carbons (Fsp3) is 0.407. The summed E-state index contributed by atoms with van der Waals surface area (Å²) in [6.07, 6.45) is -0.729. The lowest BCUT2D eigenvalue weighted by Crippen LogP contribution is -2.40. The van der Waals surface area contributed by atoms with Crippen LogP contribution in [-0.4, -0.2) is 56.0 Å². The Morgan fingerprint density at radius 2 is 1.87 bits per heavy atom. The second kappa shape index (κ2) is 10.9. The molecule has 0 radical (unpaired) electrons. The first-order valence-electron chi connectivity index (χ1n) is 12.7. The van der Waals surface area contributed by atoms with E-state index in [-0.39, 0.29) is 29.4 Å². The van der Waals surface area contributed by atoms with Gasteiger partial charge in [0.25, 0.3) is 0 Å². The Morgan fingerprint density at radius 3 is 2.46 bits per heavy atom. The van der Waals surface area contributed by atoms with Crippen LogP contribution in [0.15, 0.2) is 42.5 Å². The Morgan fingerprint density at radius 1 is 1.18 bits per heavy atom. The van der Waals surface area contributed by atoms with Crippen molar-refractivity contribution in [2.75, 3.05) is 23.1 Å². The van der Waals surface area contributed by atoms with E-state index >= 15 is 0 Å². The topological polar surface area (TPSA) is 124 Å². The summed E-state index contributed by atoms with van der Waals surface area (Å²) in [5, 5.41) is 15.4. The molecule has 2 heterocycles. The second-order valence-corrected chi connectivity index (χ2v) is 11.9. The van der Waals surface area contributed by atoms with Gasteiger partial charge in [0, 0.05) is 31.5 Å².